The van der Waals surface area contributed by atoms with Crippen LogP contribution in [0.4, 0.5) is 9.52 Å². The minimum atomic E-state index is -0.554. The summed E-state index contributed by atoms with van der Waals surface area (Å²) in [7, 11) is 0. The fraction of sp³-hybridized carbons (Fsp3) is 0.0556. The molecule has 0 saturated carbocycles. The number of thiazole rings is 1. The van der Waals surface area contributed by atoms with Gasteiger partial charge in [0, 0.05) is 23.6 Å². The number of rotatable bonds is 5. The molecule has 0 aliphatic heterocycles. The third-order valence-electron chi connectivity index (χ3n) is 3.26. The number of hydrogen-bond donors (Lipinski definition) is 1. The summed E-state index contributed by atoms with van der Waals surface area (Å²) in [6, 6.07) is 11.4. The highest BCUT2D eigenvalue weighted by Crippen LogP contribution is 2.22. The Kier molecular flexibility index (Phi) is 5.02. The van der Waals surface area contributed by atoms with Crippen molar-refractivity contribution >= 4 is 28.5 Å². The molecule has 0 bridgehead atoms. The smallest absolute Gasteiger partial charge is 0.268 e. The van der Waals surface area contributed by atoms with E-state index in [0.717, 1.165) is 10.4 Å². The number of carbonyl (C=O) groups is 1. The van der Waals surface area contributed by atoms with Gasteiger partial charge in [-0.1, -0.05) is 12.1 Å². The Labute approximate surface area is 147 Å². The van der Waals surface area contributed by atoms with Crippen molar-refractivity contribution in [2.75, 3.05) is 5.32 Å². The molecule has 5 nitrogen and oxygen atoms in total. The number of furan rings is 1. The number of halogens is 1. The lowest BCUT2D eigenvalue weighted by molar-refractivity contribution is -0.112. The molecule has 3 aromatic rings. The summed E-state index contributed by atoms with van der Waals surface area (Å²) in [6.07, 6.45) is 5.05. The maximum absolute atomic E-state index is 12.9. The first-order valence-corrected chi connectivity index (χ1v) is 8.11. The molecule has 1 amide bonds. The van der Waals surface area contributed by atoms with Crippen molar-refractivity contribution in [2.45, 2.75) is 6.42 Å². The van der Waals surface area contributed by atoms with Crippen molar-refractivity contribution in [3.63, 3.8) is 0 Å². The first kappa shape index (κ1) is 16.6. The zero-order valence-electron chi connectivity index (χ0n) is 12.9. The maximum atomic E-state index is 12.9. The van der Waals surface area contributed by atoms with Crippen molar-refractivity contribution in [3.05, 3.63) is 76.4 Å². The second kappa shape index (κ2) is 7.55. The molecule has 0 aliphatic carbocycles. The molecule has 0 unspecified atom stereocenters. The van der Waals surface area contributed by atoms with Crippen molar-refractivity contribution in [1.82, 2.24) is 4.98 Å². The lowest BCUT2D eigenvalue weighted by Crippen LogP contribution is -2.13. The van der Waals surface area contributed by atoms with E-state index in [9.17, 15) is 9.18 Å². The highest BCUT2D eigenvalue weighted by atomic mass is 32.1. The minimum absolute atomic E-state index is 0.0785. The first-order valence-electron chi connectivity index (χ1n) is 7.30. The Morgan fingerprint density at radius 1 is 1.36 bits per heavy atom. The van der Waals surface area contributed by atoms with Crippen molar-refractivity contribution in [1.29, 1.82) is 5.26 Å². The maximum Gasteiger partial charge on any atom is 0.268 e. The molecule has 2 heterocycles. The summed E-state index contributed by atoms with van der Waals surface area (Å²) in [6.45, 7) is 0. The van der Waals surface area contributed by atoms with Gasteiger partial charge in [-0.25, -0.2) is 9.37 Å². The van der Waals surface area contributed by atoms with E-state index in [1.165, 1.54) is 35.8 Å². The average Bonchev–Trinajstić information content (AvgIpc) is 3.26. The van der Waals surface area contributed by atoms with Gasteiger partial charge in [0.05, 0.1) is 6.26 Å². The molecule has 124 valence electrons. The summed E-state index contributed by atoms with van der Waals surface area (Å²) in [4.78, 5) is 17.2. The van der Waals surface area contributed by atoms with Gasteiger partial charge in [-0.05, 0) is 29.8 Å². The number of nitriles is 1. The molecule has 3 rings (SSSR count). The van der Waals surface area contributed by atoms with Gasteiger partial charge in [-0.3, -0.25) is 10.1 Å². The molecule has 7 heteroatoms. The molecule has 0 fully saturated rings. The third-order valence-corrected chi connectivity index (χ3v) is 4.17. The predicted octanol–water partition coefficient (Wildman–Crippen LogP) is 4.01. The summed E-state index contributed by atoms with van der Waals surface area (Å²) in [5.74, 6) is -0.419. The molecule has 0 aliphatic rings. The Morgan fingerprint density at radius 2 is 2.16 bits per heavy atom. The van der Waals surface area contributed by atoms with Crippen LogP contribution < -0.4 is 5.32 Å². The first-order chi connectivity index (χ1) is 12.1. The topological polar surface area (TPSA) is 78.9 Å². The van der Waals surface area contributed by atoms with Gasteiger partial charge < -0.3 is 4.42 Å². The molecule has 0 atom stereocenters. The zero-order valence-corrected chi connectivity index (χ0v) is 13.7. The summed E-state index contributed by atoms with van der Waals surface area (Å²) < 4.78 is 18.0. The van der Waals surface area contributed by atoms with Gasteiger partial charge in [-0.15, -0.1) is 11.3 Å². The van der Waals surface area contributed by atoms with E-state index in [-0.39, 0.29) is 11.4 Å². The van der Waals surface area contributed by atoms with Crippen molar-refractivity contribution in [2.24, 2.45) is 0 Å². The molecular weight excluding hydrogens is 341 g/mol. The number of nitrogens with zero attached hydrogens (tertiary/aromatic N) is 2. The molecule has 1 N–H and O–H groups in total. The monoisotopic (exact) mass is 353 g/mol. The standard InChI is InChI=1S/C18H12FN3O2S/c19-14-5-3-12(4-6-14)8-16-11-21-18(25-16)22-17(23)13(10-20)9-15-2-1-7-24-15/h1-7,9,11H,8H2,(H,21,22,23). The van der Waals surface area contributed by atoms with Crippen molar-refractivity contribution in [3.8, 4) is 6.07 Å². The number of benzene rings is 1. The fourth-order valence-electron chi connectivity index (χ4n) is 2.08. The number of amides is 1. The van der Waals surface area contributed by atoms with E-state index in [2.05, 4.69) is 10.3 Å². The van der Waals surface area contributed by atoms with Gasteiger partial charge in [0.1, 0.15) is 23.2 Å². The Morgan fingerprint density at radius 3 is 2.84 bits per heavy atom. The SMILES string of the molecule is N#CC(=Cc1ccco1)C(=O)Nc1ncc(Cc2ccc(F)cc2)s1. The van der Waals surface area contributed by atoms with E-state index >= 15 is 0 Å². The molecule has 0 radical (unpaired) electrons. The molecule has 1 aromatic carbocycles. The highest BCUT2D eigenvalue weighted by Gasteiger charge is 2.13. The van der Waals surface area contributed by atoms with Crippen LogP contribution in [-0.4, -0.2) is 10.9 Å². The summed E-state index contributed by atoms with van der Waals surface area (Å²) in [5, 5.41) is 12.1. The summed E-state index contributed by atoms with van der Waals surface area (Å²) in [5.41, 5.74) is 0.864. The van der Waals surface area contributed by atoms with E-state index in [0.29, 0.717) is 17.3 Å². The van der Waals surface area contributed by atoms with E-state index in [1.807, 2.05) is 6.07 Å². The number of anilines is 1. The molecule has 0 spiro atoms. The van der Waals surface area contributed by atoms with E-state index in [4.69, 9.17) is 9.68 Å². The molecule has 0 saturated heterocycles. The largest absolute Gasteiger partial charge is 0.465 e. The Bertz CT molecular complexity index is 938. The van der Waals surface area contributed by atoms with Crippen LogP contribution in [-0.2, 0) is 11.2 Å². The van der Waals surface area contributed by atoms with Crippen LogP contribution in [0.1, 0.15) is 16.2 Å². The predicted molar refractivity (Wildman–Crippen MR) is 92.2 cm³/mol. The second-order valence-electron chi connectivity index (χ2n) is 5.07. The number of hydrogen-bond acceptors (Lipinski definition) is 5. The highest BCUT2D eigenvalue weighted by molar-refractivity contribution is 7.15. The van der Waals surface area contributed by atoms with Crippen molar-refractivity contribution < 1.29 is 13.6 Å². The number of aromatic nitrogens is 1. The number of carbonyl (C=O) groups excluding carboxylic acids is 1. The zero-order chi connectivity index (χ0) is 17.6. The average molecular weight is 353 g/mol. The molecule has 25 heavy (non-hydrogen) atoms. The lowest BCUT2D eigenvalue weighted by atomic mass is 10.1. The van der Waals surface area contributed by atoms with Crippen LogP contribution in [0, 0.1) is 17.1 Å². The number of nitrogens with one attached hydrogen (secondary N) is 1. The van der Waals surface area contributed by atoms with Gasteiger partial charge in [-0.2, -0.15) is 5.26 Å². The lowest BCUT2D eigenvalue weighted by Gasteiger charge is -1.99. The van der Waals surface area contributed by atoms with Crippen LogP contribution in [0.2, 0.25) is 0 Å². The quantitative estimate of drug-likeness (QED) is 0.555. The van der Waals surface area contributed by atoms with E-state index < -0.39 is 5.91 Å². The van der Waals surface area contributed by atoms with Crippen LogP contribution in [0.3, 0.4) is 0 Å². The molecular formula is C18H12FN3O2S. The van der Waals surface area contributed by atoms with Crippen LogP contribution in [0.5, 0.6) is 0 Å². The Balaban J connectivity index is 1.67. The van der Waals surface area contributed by atoms with Crippen LogP contribution in [0.15, 0.2) is 58.8 Å². The summed E-state index contributed by atoms with van der Waals surface area (Å²) >= 11 is 1.30. The van der Waals surface area contributed by atoms with Crippen LogP contribution in [0.25, 0.3) is 6.08 Å². The minimum Gasteiger partial charge on any atom is -0.465 e. The van der Waals surface area contributed by atoms with E-state index in [1.54, 1.807) is 30.5 Å². The van der Waals surface area contributed by atoms with Crippen LogP contribution >= 0.6 is 11.3 Å². The van der Waals surface area contributed by atoms with Gasteiger partial charge >= 0.3 is 0 Å². The van der Waals surface area contributed by atoms with Gasteiger partial charge in [0.15, 0.2) is 5.13 Å². The molecule has 2 aromatic heterocycles. The van der Waals surface area contributed by atoms with Gasteiger partial charge in [0.2, 0.25) is 0 Å². The van der Waals surface area contributed by atoms with Gasteiger partial charge in [0.25, 0.3) is 5.91 Å². The Hall–Kier alpha value is -3.24. The normalized spacial score (nSPS) is 11.1. The third kappa shape index (κ3) is 4.40. The second-order valence-corrected chi connectivity index (χ2v) is 6.19. The fourth-order valence-corrected chi connectivity index (χ4v) is 2.92.